The molecule has 1 N–H and O–H groups in total. The van der Waals surface area contributed by atoms with E-state index in [1.807, 2.05) is 0 Å². The summed E-state index contributed by atoms with van der Waals surface area (Å²) in [4.78, 5) is -0.326. The number of nitrogens with zero attached hydrogens (tertiary/aromatic N) is 1. The largest absolute Gasteiger partial charge is 0.396 e. The molecule has 8 heteroatoms. The second-order valence-electron chi connectivity index (χ2n) is 4.46. The lowest BCUT2D eigenvalue weighted by molar-refractivity contribution is 0.258. The van der Waals surface area contributed by atoms with Crippen molar-refractivity contribution in [1.82, 2.24) is 4.31 Å². The van der Waals surface area contributed by atoms with Crippen LogP contribution in [-0.4, -0.2) is 37.0 Å². The average molecular weight is 344 g/mol. The van der Waals surface area contributed by atoms with Crippen molar-refractivity contribution in [1.29, 1.82) is 0 Å². The molecule has 1 rings (SSSR count). The highest BCUT2D eigenvalue weighted by molar-refractivity contribution is 7.89. The first-order chi connectivity index (χ1) is 9.23. The van der Waals surface area contributed by atoms with Crippen LogP contribution in [0.5, 0.6) is 0 Å². The molecule has 0 radical (unpaired) electrons. The maximum absolute atomic E-state index is 13.7. The quantitative estimate of drug-likeness (QED) is 0.808. The highest BCUT2D eigenvalue weighted by atomic mass is 35.5. The third-order valence-electron chi connectivity index (χ3n) is 2.70. The molecule has 0 atom stereocenters. The number of rotatable bonds is 6. The molecular formula is C12H16Cl2FNO3S. The summed E-state index contributed by atoms with van der Waals surface area (Å²) in [7, 11) is -3.95. The van der Waals surface area contributed by atoms with Crippen LogP contribution in [-0.2, 0) is 10.0 Å². The molecule has 20 heavy (non-hydrogen) atoms. The Bertz CT molecular complexity index is 578. The topological polar surface area (TPSA) is 57.6 Å². The lowest BCUT2D eigenvalue weighted by atomic mass is 10.3. The predicted molar refractivity (Wildman–Crippen MR) is 77.2 cm³/mol. The van der Waals surface area contributed by atoms with Crippen molar-refractivity contribution >= 4 is 33.2 Å². The maximum atomic E-state index is 13.7. The van der Waals surface area contributed by atoms with Gasteiger partial charge >= 0.3 is 0 Å². The first-order valence-electron chi connectivity index (χ1n) is 5.99. The molecule has 0 saturated carbocycles. The van der Waals surface area contributed by atoms with Crippen LogP contribution in [0.15, 0.2) is 17.0 Å². The molecule has 0 heterocycles. The molecule has 0 aliphatic heterocycles. The van der Waals surface area contributed by atoms with Gasteiger partial charge in [0, 0.05) is 19.2 Å². The van der Waals surface area contributed by atoms with Gasteiger partial charge in [0.2, 0.25) is 10.0 Å². The molecule has 114 valence electrons. The molecular weight excluding hydrogens is 328 g/mol. The number of aliphatic hydroxyl groups excluding tert-OH is 1. The van der Waals surface area contributed by atoms with Gasteiger partial charge in [0.25, 0.3) is 0 Å². The first kappa shape index (κ1) is 17.7. The Labute approximate surface area is 128 Å². The van der Waals surface area contributed by atoms with E-state index in [0.29, 0.717) is 0 Å². The van der Waals surface area contributed by atoms with E-state index in [2.05, 4.69) is 0 Å². The lowest BCUT2D eigenvalue weighted by Gasteiger charge is -2.26. The first-order valence-corrected chi connectivity index (χ1v) is 8.19. The fraction of sp³-hybridized carbons (Fsp3) is 0.500. The van der Waals surface area contributed by atoms with Gasteiger partial charge in [-0.05, 0) is 32.4 Å². The van der Waals surface area contributed by atoms with Gasteiger partial charge < -0.3 is 5.11 Å². The third-order valence-corrected chi connectivity index (χ3v) is 5.59. The summed E-state index contributed by atoms with van der Waals surface area (Å²) in [6.45, 7) is 3.36. The van der Waals surface area contributed by atoms with Crippen LogP contribution in [0.3, 0.4) is 0 Å². The van der Waals surface area contributed by atoms with Gasteiger partial charge in [-0.1, -0.05) is 23.2 Å². The van der Waals surface area contributed by atoms with Crippen LogP contribution >= 0.6 is 23.2 Å². The van der Waals surface area contributed by atoms with Gasteiger partial charge in [0.05, 0.1) is 10.0 Å². The average Bonchev–Trinajstić information content (AvgIpc) is 2.35. The van der Waals surface area contributed by atoms with E-state index < -0.39 is 20.9 Å². The van der Waals surface area contributed by atoms with Crippen molar-refractivity contribution in [3.8, 4) is 0 Å². The SMILES string of the molecule is CC(C)N(CCCO)S(=O)(=O)c1ccc(Cl)c(F)c1Cl. The molecule has 1 aromatic carbocycles. The normalized spacial score (nSPS) is 12.4. The van der Waals surface area contributed by atoms with Crippen molar-refractivity contribution in [3.05, 3.63) is 28.0 Å². The third kappa shape index (κ3) is 3.62. The van der Waals surface area contributed by atoms with Crippen molar-refractivity contribution in [2.24, 2.45) is 0 Å². The van der Waals surface area contributed by atoms with E-state index in [1.165, 1.54) is 6.07 Å². The Morgan fingerprint density at radius 3 is 2.45 bits per heavy atom. The molecule has 0 aliphatic rings. The maximum Gasteiger partial charge on any atom is 0.244 e. The highest BCUT2D eigenvalue weighted by Crippen LogP contribution is 2.31. The summed E-state index contributed by atoms with van der Waals surface area (Å²) < 4.78 is 39.8. The molecule has 0 aliphatic carbocycles. The van der Waals surface area contributed by atoms with Crippen LogP contribution in [0, 0.1) is 5.82 Å². The summed E-state index contributed by atoms with van der Waals surface area (Å²) in [6, 6.07) is 1.98. The number of aliphatic hydroxyl groups is 1. The summed E-state index contributed by atoms with van der Waals surface area (Å²) in [5.41, 5.74) is 0. The minimum absolute atomic E-state index is 0.122. The molecule has 0 spiro atoms. The Morgan fingerprint density at radius 1 is 1.35 bits per heavy atom. The van der Waals surface area contributed by atoms with Crippen molar-refractivity contribution in [2.75, 3.05) is 13.2 Å². The molecule has 1 aromatic rings. The van der Waals surface area contributed by atoms with Crippen LogP contribution in [0.4, 0.5) is 4.39 Å². The van der Waals surface area contributed by atoms with Crippen molar-refractivity contribution < 1.29 is 17.9 Å². The molecule has 0 saturated heterocycles. The zero-order valence-electron chi connectivity index (χ0n) is 11.1. The molecule has 0 aromatic heterocycles. The van der Waals surface area contributed by atoms with Crippen LogP contribution in [0.2, 0.25) is 10.0 Å². The van der Waals surface area contributed by atoms with Gasteiger partial charge in [0.15, 0.2) is 5.82 Å². The Kier molecular flexibility index (Phi) is 6.22. The summed E-state index contributed by atoms with van der Waals surface area (Å²) >= 11 is 11.3. The van der Waals surface area contributed by atoms with Crippen LogP contribution < -0.4 is 0 Å². The van der Waals surface area contributed by atoms with E-state index in [1.54, 1.807) is 13.8 Å². The van der Waals surface area contributed by atoms with Gasteiger partial charge in [-0.3, -0.25) is 0 Å². The molecule has 0 fully saturated rings. The van der Waals surface area contributed by atoms with E-state index in [4.69, 9.17) is 28.3 Å². The Morgan fingerprint density at radius 2 is 1.95 bits per heavy atom. The standard InChI is InChI=1S/C12H16Cl2FNO3S/c1-8(2)16(6-3-7-17)20(18,19)10-5-4-9(13)12(15)11(10)14/h4-5,8,17H,3,6-7H2,1-2H3. The zero-order chi connectivity index (χ0) is 15.5. The smallest absolute Gasteiger partial charge is 0.244 e. The van der Waals surface area contributed by atoms with E-state index in [-0.39, 0.29) is 35.5 Å². The number of hydrogen-bond acceptors (Lipinski definition) is 3. The predicted octanol–water partition coefficient (Wildman–Crippen LogP) is 2.91. The molecule has 0 bridgehead atoms. The number of sulfonamides is 1. The zero-order valence-corrected chi connectivity index (χ0v) is 13.4. The van der Waals surface area contributed by atoms with E-state index in [9.17, 15) is 12.8 Å². The molecule has 0 amide bonds. The van der Waals surface area contributed by atoms with Gasteiger partial charge in [0.1, 0.15) is 4.90 Å². The fourth-order valence-corrected chi connectivity index (χ4v) is 4.11. The van der Waals surface area contributed by atoms with Crippen LogP contribution in [0.1, 0.15) is 20.3 Å². The minimum Gasteiger partial charge on any atom is -0.396 e. The molecule has 0 unspecified atom stereocenters. The second-order valence-corrected chi connectivity index (χ2v) is 7.10. The fourth-order valence-electron chi connectivity index (χ4n) is 1.72. The highest BCUT2D eigenvalue weighted by Gasteiger charge is 2.30. The van der Waals surface area contributed by atoms with Crippen LogP contribution in [0.25, 0.3) is 0 Å². The van der Waals surface area contributed by atoms with E-state index >= 15 is 0 Å². The summed E-state index contributed by atoms with van der Waals surface area (Å²) in [5, 5.41) is 8.09. The van der Waals surface area contributed by atoms with Gasteiger partial charge in [-0.15, -0.1) is 0 Å². The number of benzene rings is 1. The minimum atomic E-state index is -3.95. The van der Waals surface area contributed by atoms with Gasteiger partial charge in [-0.25, -0.2) is 12.8 Å². The Balaban J connectivity index is 3.30. The second kappa shape index (κ2) is 7.04. The van der Waals surface area contributed by atoms with Crippen molar-refractivity contribution in [2.45, 2.75) is 31.2 Å². The summed E-state index contributed by atoms with van der Waals surface area (Å²) in [6.07, 6.45) is 0.283. The summed E-state index contributed by atoms with van der Waals surface area (Å²) in [5.74, 6) is -0.958. The van der Waals surface area contributed by atoms with Gasteiger partial charge in [-0.2, -0.15) is 4.31 Å². The number of hydrogen-bond donors (Lipinski definition) is 1. The van der Waals surface area contributed by atoms with E-state index in [0.717, 1.165) is 10.4 Å². The lowest BCUT2D eigenvalue weighted by Crippen LogP contribution is -2.38. The Hall–Kier alpha value is -0.400. The number of halogens is 3. The molecule has 4 nitrogen and oxygen atoms in total. The van der Waals surface area contributed by atoms with Crippen molar-refractivity contribution in [3.63, 3.8) is 0 Å². The monoisotopic (exact) mass is 343 g/mol.